The van der Waals surface area contributed by atoms with Gasteiger partial charge in [-0.05, 0) is 46.5 Å². The van der Waals surface area contributed by atoms with E-state index in [0.717, 1.165) is 17.3 Å². The summed E-state index contributed by atoms with van der Waals surface area (Å²) >= 11 is 0. The molecule has 3 aromatic carbocycles. The molecule has 160 valence electrons. The first-order chi connectivity index (χ1) is 15.2. The van der Waals surface area contributed by atoms with Crippen molar-refractivity contribution in [1.82, 2.24) is 0 Å². The molecule has 0 aromatic heterocycles. The highest BCUT2D eigenvalue weighted by Crippen LogP contribution is 2.51. The first-order valence-corrected chi connectivity index (χ1v) is 9.43. The Kier molecular flexibility index (Phi) is 4.90. The summed E-state index contributed by atoms with van der Waals surface area (Å²) in [5, 5.41) is 34.5. The average Bonchev–Trinajstić information content (AvgIpc) is 3.06. The number of fused-ring (bicyclic) bond motifs is 3. The van der Waals surface area contributed by atoms with Crippen LogP contribution >= 0.6 is 0 Å². The molecular weight excluding hydrogens is 416 g/mol. The Morgan fingerprint density at radius 1 is 0.719 bits per heavy atom. The summed E-state index contributed by atoms with van der Waals surface area (Å²) in [5.74, 6) is 0. The minimum Gasteiger partial charge on any atom is -0.378 e. The Morgan fingerprint density at radius 2 is 1.34 bits per heavy atom. The highest BCUT2D eigenvalue weighted by Gasteiger charge is 2.34. The van der Waals surface area contributed by atoms with Gasteiger partial charge < -0.3 is 4.90 Å². The predicted octanol–water partition coefficient (Wildman–Crippen LogP) is 5.05. The van der Waals surface area contributed by atoms with Gasteiger partial charge in [0.2, 0.25) is 0 Å². The lowest BCUT2D eigenvalue weighted by Crippen LogP contribution is -2.07. The van der Waals surface area contributed by atoms with Crippen molar-refractivity contribution in [2.24, 2.45) is 0 Å². The first-order valence-electron chi connectivity index (χ1n) is 9.43. The molecular formula is C22H16N4O6. The molecule has 0 radical (unpaired) electrons. The molecule has 0 heterocycles. The van der Waals surface area contributed by atoms with E-state index in [2.05, 4.69) is 0 Å². The fourth-order valence-corrected chi connectivity index (χ4v) is 3.78. The summed E-state index contributed by atoms with van der Waals surface area (Å²) in [7, 11) is 3.79. The van der Waals surface area contributed by atoms with Gasteiger partial charge in [0, 0.05) is 43.5 Å². The van der Waals surface area contributed by atoms with E-state index in [0.29, 0.717) is 16.7 Å². The number of benzene rings is 3. The monoisotopic (exact) mass is 432 g/mol. The maximum atomic E-state index is 11.7. The summed E-state index contributed by atoms with van der Waals surface area (Å²) in [6.07, 6.45) is 1.72. The van der Waals surface area contributed by atoms with Crippen molar-refractivity contribution < 1.29 is 14.8 Å². The molecule has 0 bridgehead atoms. The Morgan fingerprint density at radius 3 is 1.91 bits per heavy atom. The fraction of sp³-hybridized carbons (Fsp3) is 0.0909. The number of anilines is 1. The number of hydrogen-bond acceptors (Lipinski definition) is 7. The lowest BCUT2D eigenvalue weighted by Gasteiger charge is -2.12. The number of nitro groups is 3. The lowest BCUT2D eigenvalue weighted by atomic mass is 10.00. The van der Waals surface area contributed by atoms with Crippen LogP contribution in [0.4, 0.5) is 22.7 Å². The SMILES string of the molecule is CN(C)c1ccc(C=C2c3cc([N+](=O)[O-])ccc3-c3c2cc([N+](=O)[O-])cc3[N+](=O)[O-])cc1. The standard InChI is InChI=1S/C22H16N4O6/c1-23(2)14-5-3-13(4-6-14)9-18-19-10-15(24(27)28)7-8-17(19)22-20(18)11-16(25(29)30)12-21(22)26(31)32/h3-12H,1-2H3. The zero-order chi connectivity index (χ0) is 23.2. The Hall–Kier alpha value is -4.60. The molecule has 0 fully saturated rings. The molecule has 0 N–H and O–H groups in total. The van der Waals surface area contributed by atoms with Crippen LogP contribution in [-0.2, 0) is 0 Å². The van der Waals surface area contributed by atoms with E-state index >= 15 is 0 Å². The van der Waals surface area contributed by atoms with Crippen LogP contribution < -0.4 is 4.90 Å². The van der Waals surface area contributed by atoms with Crippen LogP contribution in [0.2, 0.25) is 0 Å². The molecule has 4 rings (SSSR count). The van der Waals surface area contributed by atoms with E-state index in [4.69, 9.17) is 0 Å². The molecule has 0 amide bonds. The van der Waals surface area contributed by atoms with Crippen LogP contribution in [0.5, 0.6) is 0 Å². The van der Waals surface area contributed by atoms with Gasteiger partial charge in [-0.2, -0.15) is 0 Å². The van der Waals surface area contributed by atoms with E-state index in [1.165, 1.54) is 24.3 Å². The Balaban J connectivity index is 2.02. The largest absolute Gasteiger partial charge is 0.378 e. The minimum atomic E-state index is -0.692. The first kappa shape index (κ1) is 20.7. The summed E-state index contributed by atoms with van der Waals surface area (Å²) in [5.41, 5.74) is 2.46. The highest BCUT2D eigenvalue weighted by atomic mass is 16.6. The van der Waals surface area contributed by atoms with Crippen molar-refractivity contribution in [2.75, 3.05) is 19.0 Å². The van der Waals surface area contributed by atoms with Gasteiger partial charge in [-0.1, -0.05) is 12.1 Å². The van der Waals surface area contributed by atoms with Crippen molar-refractivity contribution >= 4 is 34.4 Å². The van der Waals surface area contributed by atoms with Crippen molar-refractivity contribution in [3.8, 4) is 11.1 Å². The maximum absolute atomic E-state index is 11.7. The van der Waals surface area contributed by atoms with E-state index in [-0.39, 0.29) is 16.8 Å². The number of nitrogens with zero attached hydrogens (tertiary/aromatic N) is 4. The van der Waals surface area contributed by atoms with Crippen LogP contribution in [0, 0.1) is 30.3 Å². The third kappa shape index (κ3) is 3.43. The minimum absolute atomic E-state index is 0.178. The van der Waals surface area contributed by atoms with Crippen molar-refractivity contribution in [3.63, 3.8) is 0 Å². The Labute approximate surface area is 181 Å². The summed E-state index contributed by atoms with van der Waals surface area (Å²) in [4.78, 5) is 34.5. The number of hydrogen-bond donors (Lipinski definition) is 0. The highest BCUT2D eigenvalue weighted by molar-refractivity contribution is 6.09. The maximum Gasteiger partial charge on any atom is 0.284 e. The van der Waals surface area contributed by atoms with E-state index < -0.39 is 26.1 Å². The molecule has 1 aliphatic carbocycles. The molecule has 3 aromatic rings. The van der Waals surface area contributed by atoms with Crippen LogP contribution in [0.1, 0.15) is 16.7 Å². The Bertz CT molecular complexity index is 1330. The normalized spacial score (nSPS) is 12.9. The predicted molar refractivity (Wildman–Crippen MR) is 120 cm³/mol. The van der Waals surface area contributed by atoms with Gasteiger partial charge in [-0.25, -0.2) is 0 Å². The fourth-order valence-electron chi connectivity index (χ4n) is 3.78. The molecule has 0 spiro atoms. The van der Waals surface area contributed by atoms with E-state index in [9.17, 15) is 30.3 Å². The van der Waals surface area contributed by atoms with Crippen LogP contribution in [0.3, 0.4) is 0 Å². The zero-order valence-electron chi connectivity index (χ0n) is 17.0. The second kappa shape index (κ2) is 7.58. The average molecular weight is 432 g/mol. The van der Waals surface area contributed by atoms with Gasteiger partial charge in [0.05, 0.1) is 26.4 Å². The van der Waals surface area contributed by atoms with Gasteiger partial charge in [0.25, 0.3) is 17.1 Å². The number of non-ortho nitro benzene ring substituents is 2. The molecule has 10 heteroatoms. The van der Waals surface area contributed by atoms with Gasteiger partial charge in [-0.15, -0.1) is 0 Å². The third-order valence-electron chi connectivity index (χ3n) is 5.29. The van der Waals surface area contributed by atoms with Crippen LogP contribution in [0.15, 0.2) is 54.6 Å². The number of rotatable bonds is 5. The van der Waals surface area contributed by atoms with Gasteiger partial charge >= 0.3 is 0 Å². The summed E-state index contributed by atoms with van der Waals surface area (Å²) in [6, 6.07) is 13.7. The molecule has 0 atom stereocenters. The van der Waals surface area contributed by atoms with Gasteiger partial charge in [-0.3, -0.25) is 30.3 Å². The molecule has 1 aliphatic rings. The molecule has 0 saturated carbocycles. The number of nitro benzene ring substituents is 3. The van der Waals surface area contributed by atoms with Crippen molar-refractivity contribution in [3.05, 3.63) is 102 Å². The van der Waals surface area contributed by atoms with E-state index in [1.807, 2.05) is 43.3 Å². The van der Waals surface area contributed by atoms with Crippen molar-refractivity contribution in [2.45, 2.75) is 0 Å². The van der Waals surface area contributed by atoms with Crippen molar-refractivity contribution in [1.29, 1.82) is 0 Å². The molecule has 0 saturated heterocycles. The van der Waals surface area contributed by atoms with Gasteiger partial charge in [0.15, 0.2) is 0 Å². The second-order valence-electron chi connectivity index (χ2n) is 7.43. The quantitative estimate of drug-likeness (QED) is 0.318. The smallest absolute Gasteiger partial charge is 0.284 e. The summed E-state index contributed by atoms with van der Waals surface area (Å²) in [6.45, 7) is 0. The van der Waals surface area contributed by atoms with E-state index in [1.54, 1.807) is 6.08 Å². The van der Waals surface area contributed by atoms with Crippen LogP contribution in [0.25, 0.3) is 22.8 Å². The van der Waals surface area contributed by atoms with Gasteiger partial charge in [0.1, 0.15) is 0 Å². The second-order valence-corrected chi connectivity index (χ2v) is 7.43. The topological polar surface area (TPSA) is 133 Å². The molecule has 0 unspecified atom stereocenters. The zero-order valence-corrected chi connectivity index (χ0v) is 17.0. The lowest BCUT2D eigenvalue weighted by molar-refractivity contribution is -0.393. The summed E-state index contributed by atoms with van der Waals surface area (Å²) < 4.78 is 0. The van der Waals surface area contributed by atoms with Crippen LogP contribution in [-0.4, -0.2) is 28.9 Å². The molecule has 32 heavy (non-hydrogen) atoms. The molecule has 10 nitrogen and oxygen atoms in total. The third-order valence-corrected chi connectivity index (χ3v) is 5.29. The molecule has 0 aliphatic heterocycles.